The molecule has 0 atom stereocenters. The van der Waals surface area contributed by atoms with E-state index in [4.69, 9.17) is 0 Å². The Morgan fingerprint density at radius 3 is 2.89 bits per heavy atom. The number of hydrogen-bond donors (Lipinski definition) is 1. The minimum atomic E-state index is -0.0955. The van der Waals surface area contributed by atoms with Crippen molar-refractivity contribution >= 4 is 11.6 Å². The van der Waals surface area contributed by atoms with E-state index >= 15 is 0 Å². The van der Waals surface area contributed by atoms with Crippen LogP contribution in [-0.2, 0) is 4.79 Å². The van der Waals surface area contributed by atoms with Crippen LogP contribution in [0.2, 0.25) is 0 Å². The lowest BCUT2D eigenvalue weighted by Crippen LogP contribution is -2.13. The van der Waals surface area contributed by atoms with E-state index in [-0.39, 0.29) is 5.91 Å². The summed E-state index contributed by atoms with van der Waals surface area (Å²) in [5.74, 6) is -0.0955. The summed E-state index contributed by atoms with van der Waals surface area (Å²) < 4.78 is 0. The maximum absolute atomic E-state index is 12.1. The number of hydrogen-bond acceptors (Lipinski definition) is 2. The molecule has 3 heteroatoms. The zero-order valence-electron chi connectivity index (χ0n) is 9.97. The Labute approximate surface area is 105 Å². The minimum absolute atomic E-state index is 0.0955. The molecule has 3 rings (SSSR count). The first-order valence-electron chi connectivity index (χ1n) is 5.79. The molecule has 0 spiro atoms. The van der Waals surface area contributed by atoms with Crippen LogP contribution in [0.15, 0.2) is 65.4 Å². The van der Waals surface area contributed by atoms with Gasteiger partial charge < -0.3 is 5.32 Å². The van der Waals surface area contributed by atoms with Crippen LogP contribution in [0, 0.1) is 6.92 Å². The number of amides is 1. The second-order valence-corrected chi connectivity index (χ2v) is 4.28. The van der Waals surface area contributed by atoms with Crippen LogP contribution in [0.4, 0.5) is 5.69 Å². The van der Waals surface area contributed by atoms with Crippen LogP contribution in [0.5, 0.6) is 0 Å². The van der Waals surface area contributed by atoms with Crippen molar-refractivity contribution in [3.05, 3.63) is 71.1 Å². The van der Waals surface area contributed by atoms with Gasteiger partial charge in [0.05, 0.1) is 11.9 Å². The van der Waals surface area contributed by atoms with Crippen molar-refractivity contribution in [2.24, 2.45) is 0 Å². The first-order valence-corrected chi connectivity index (χ1v) is 5.79. The maximum Gasteiger partial charge on any atom is 0.256 e. The third kappa shape index (κ3) is 1.80. The van der Waals surface area contributed by atoms with Gasteiger partial charge in [-0.05, 0) is 36.3 Å². The van der Waals surface area contributed by atoms with Gasteiger partial charge in [0.25, 0.3) is 5.91 Å². The summed E-state index contributed by atoms with van der Waals surface area (Å²) in [6.07, 6.45) is 11.4. The molecule has 0 aromatic carbocycles. The van der Waals surface area contributed by atoms with E-state index in [2.05, 4.69) is 10.3 Å². The van der Waals surface area contributed by atoms with Gasteiger partial charge >= 0.3 is 0 Å². The Bertz CT molecular complexity index is 631. The van der Waals surface area contributed by atoms with E-state index < -0.39 is 0 Å². The summed E-state index contributed by atoms with van der Waals surface area (Å²) in [6, 6.07) is 3.73. The molecule has 0 saturated carbocycles. The van der Waals surface area contributed by atoms with Crippen LogP contribution in [-0.4, -0.2) is 10.9 Å². The molecule has 0 aliphatic heterocycles. The molecular weight excluding hydrogens is 224 g/mol. The number of carbonyl (C=O) groups excluding carboxylic acids is 1. The van der Waals surface area contributed by atoms with E-state index in [0.29, 0.717) is 11.3 Å². The van der Waals surface area contributed by atoms with Gasteiger partial charge in [0, 0.05) is 11.3 Å². The molecule has 3 nitrogen and oxygen atoms in total. The van der Waals surface area contributed by atoms with E-state index in [1.54, 1.807) is 6.20 Å². The summed E-state index contributed by atoms with van der Waals surface area (Å²) >= 11 is 0. The summed E-state index contributed by atoms with van der Waals surface area (Å²) in [4.78, 5) is 16.3. The third-order valence-electron chi connectivity index (χ3n) is 2.98. The SMILES string of the molecule is Cc1ccc(NC(=O)C2=C3C=CC=C3C=C2)cn1. The first kappa shape index (κ1) is 10.7. The second kappa shape index (κ2) is 4.11. The van der Waals surface area contributed by atoms with Gasteiger partial charge in [-0.1, -0.05) is 24.3 Å². The van der Waals surface area contributed by atoms with Crippen molar-refractivity contribution in [1.82, 2.24) is 4.98 Å². The van der Waals surface area contributed by atoms with E-state index in [0.717, 1.165) is 16.8 Å². The number of rotatable bonds is 2. The van der Waals surface area contributed by atoms with Crippen molar-refractivity contribution < 1.29 is 4.79 Å². The van der Waals surface area contributed by atoms with E-state index in [1.807, 2.05) is 49.4 Å². The Morgan fingerprint density at radius 2 is 2.11 bits per heavy atom. The molecule has 0 unspecified atom stereocenters. The maximum atomic E-state index is 12.1. The Hall–Kier alpha value is -2.42. The fourth-order valence-electron chi connectivity index (χ4n) is 2.03. The number of pyridine rings is 1. The third-order valence-corrected chi connectivity index (χ3v) is 2.98. The van der Waals surface area contributed by atoms with Crippen LogP contribution in [0.1, 0.15) is 5.69 Å². The number of allylic oxidation sites excluding steroid dienone is 6. The number of nitrogens with one attached hydrogen (secondary N) is 1. The van der Waals surface area contributed by atoms with Crippen molar-refractivity contribution in [3.8, 4) is 0 Å². The van der Waals surface area contributed by atoms with Crippen molar-refractivity contribution in [2.75, 3.05) is 5.32 Å². The molecule has 0 bridgehead atoms. The van der Waals surface area contributed by atoms with Crippen molar-refractivity contribution in [2.45, 2.75) is 6.92 Å². The van der Waals surface area contributed by atoms with E-state index in [1.165, 1.54) is 0 Å². The number of aromatic nitrogens is 1. The Balaban J connectivity index is 1.83. The number of fused-ring (bicyclic) bond motifs is 1. The fourth-order valence-corrected chi connectivity index (χ4v) is 2.03. The van der Waals surface area contributed by atoms with Crippen LogP contribution < -0.4 is 5.32 Å². The smallest absolute Gasteiger partial charge is 0.256 e. The Morgan fingerprint density at radius 1 is 1.22 bits per heavy atom. The van der Waals surface area contributed by atoms with Gasteiger partial charge in [-0.2, -0.15) is 0 Å². The Kier molecular flexibility index (Phi) is 2.45. The molecule has 1 heterocycles. The molecule has 2 aliphatic rings. The van der Waals surface area contributed by atoms with Gasteiger partial charge in [-0.15, -0.1) is 0 Å². The van der Waals surface area contributed by atoms with E-state index in [9.17, 15) is 4.79 Å². The molecule has 2 aliphatic carbocycles. The normalized spacial score (nSPS) is 15.9. The van der Waals surface area contributed by atoms with Crippen LogP contribution in [0.25, 0.3) is 0 Å². The molecular formula is C15H12N2O. The average molecular weight is 236 g/mol. The number of anilines is 1. The van der Waals surface area contributed by atoms with Gasteiger partial charge in [0.1, 0.15) is 0 Å². The minimum Gasteiger partial charge on any atom is -0.321 e. The van der Waals surface area contributed by atoms with Gasteiger partial charge in [0.2, 0.25) is 0 Å². The molecule has 0 fully saturated rings. The largest absolute Gasteiger partial charge is 0.321 e. The molecule has 88 valence electrons. The fraction of sp³-hybridized carbons (Fsp3) is 0.0667. The van der Waals surface area contributed by atoms with Gasteiger partial charge in [-0.25, -0.2) is 0 Å². The number of nitrogens with zero attached hydrogens (tertiary/aromatic N) is 1. The number of carbonyl (C=O) groups is 1. The lowest BCUT2D eigenvalue weighted by molar-refractivity contribution is -0.112. The number of aryl methyl sites for hydroxylation is 1. The zero-order chi connectivity index (χ0) is 12.5. The highest BCUT2D eigenvalue weighted by molar-refractivity contribution is 6.08. The van der Waals surface area contributed by atoms with Crippen LogP contribution in [0.3, 0.4) is 0 Å². The highest BCUT2D eigenvalue weighted by atomic mass is 16.1. The predicted octanol–water partition coefficient (Wildman–Crippen LogP) is 2.69. The predicted molar refractivity (Wildman–Crippen MR) is 71.0 cm³/mol. The summed E-state index contributed by atoms with van der Waals surface area (Å²) in [5.41, 5.74) is 4.44. The molecule has 18 heavy (non-hydrogen) atoms. The highest BCUT2D eigenvalue weighted by Gasteiger charge is 2.20. The van der Waals surface area contributed by atoms with Gasteiger partial charge in [0.15, 0.2) is 0 Å². The molecule has 1 aromatic heterocycles. The molecule has 1 amide bonds. The van der Waals surface area contributed by atoms with Crippen molar-refractivity contribution in [1.29, 1.82) is 0 Å². The topological polar surface area (TPSA) is 42.0 Å². The highest BCUT2D eigenvalue weighted by Crippen LogP contribution is 2.30. The first-order chi connectivity index (χ1) is 8.74. The molecule has 1 aromatic rings. The summed E-state index contributed by atoms with van der Waals surface area (Å²) in [7, 11) is 0. The molecule has 0 saturated heterocycles. The standard InChI is InChI=1S/C15H12N2O/c1-10-5-7-12(9-16-10)17-15(18)14-8-6-11-3-2-4-13(11)14/h2-9H,1H3,(H,17,18). The molecule has 1 N–H and O–H groups in total. The van der Waals surface area contributed by atoms with Gasteiger partial charge in [-0.3, -0.25) is 9.78 Å². The monoisotopic (exact) mass is 236 g/mol. The molecule has 0 radical (unpaired) electrons. The summed E-state index contributed by atoms with van der Waals surface area (Å²) in [5, 5.41) is 2.85. The zero-order valence-corrected chi connectivity index (χ0v) is 9.97. The van der Waals surface area contributed by atoms with Crippen LogP contribution >= 0.6 is 0 Å². The lowest BCUT2D eigenvalue weighted by Gasteiger charge is -2.06. The quantitative estimate of drug-likeness (QED) is 0.857. The lowest BCUT2D eigenvalue weighted by atomic mass is 10.1. The van der Waals surface area contributed by atoms with Crippen molar-refractivity contribution in [3.63, 3.8) is 0 Å². The summed E-state index contributed by atoms with van der Waals surface area (Å²) in [6.45, 7) is 1.91. The second-order valence-electron chi connectivity index (χ2n) is 4.28. The average Bonchev–Trinajstić information content (AvgIpc) is 2.93.